The number of hydrogen-bond donors (Lipinski definition) is 1. The molecular formula is C11H23NO. The highest BCUT2D eigenvalue weighted by Crippen LogP contribution is 2.39. The first-order valence-electron chi connectivity index (χ1n) is 5.57. The highest BCUT2D eigenvalue weighted by Gasteiger charge is 2.37. The Hall–Kier alpha value is -0.0800. The van der Waals surface area contributed by atoms with Crippen LogP contribution in [0.3, 0.4) is 0 Å². The molecule has 0 radical (unpaired) electrons. The molecule has 0 atom stereocenters. The van der Waals surface area contributed by atoms with E-state index < -0.39 is 0 Å². The van der Waals surface area contributed by atoms with E-state index >= 15 is 0 Å². The van der Waals surface area contributed by atoms with Crippen LogP contribution in [-0.4, -0.2) is 24.8 Å². The van der Waals surface area contributed by atoms with Gasteiger partial charge >= 0.3 is 0 Å². The molecule has 1 rings (SSSR count). The van der Waals surface area contributed by atoms with Crippen LogP contribution in [0, 0.1) is 0 Å². The Morgan fingerprint density at radius 3 is 2.46 bits per heavy atom. The van der Waals surface area contributed by atoms with E-state index in [1.54, 1.807) is 0 Å². The SMILES string of the molecule is CCNCCC1(OC(C)C)CCC1. The average molecular weight is 185 g/mol. The number of hydrogen-bond acceptors (Lipinski definition) is 2. The second-order valence-electron chi connectivity index (χ2n) is 4.31. The molecule has 2 nitrogen and oxygen atoms in total. The lowest BCUT2D eigenvalue weighted by atomic mass is 9.77. The van der Waals surface area contributed by atoms with Gasteiger partial charge in [0.05, 0.1) is 11.7 Å². The molecule has 0 bridgehead atoms. The van der Waals surface area contributed by atoms with Crippen LogP contribution in [0.4, 0.5) is 0 Å². The molecule has 0 aromatic rings. The zero-order valence-corrected chi connectivity index (χ0v) is 9.23. The Bertz CT molecular complexity index is 141. The van der Waals surface area contributed by atoms with Crippen LogP contribution in [0.5, 0.6) is 0 Å². The van der Waals surface area contributed by atoms with E-state index in [4.69, 9.17) is 4.74 Å². The normalized spacial score (nSPS) is 20.3. The van der Waals surface area contributed by atoms with Crippen LogP contribution in [0.15, 0.2) is 0 Å². The van der Waals surface area contributed by atoms with E-state index in [-0.39, 0.29) is 5.60 Å². The lowest BCUT2D eigenvalue weighted by Gasteiger charge is -2.43. The van der Waals surface area contributed by atoms with Crippen LogP contribution in [0.25, 0.3) is 0 Å². The van der Waals surface area contributed by atoms with Gasteiger partial charge in [0.15, 0.2) is 0 Å². The standard InChI is InChI=1S/C11H23NO/c1-4-12-9-8-11(6-5-7-11)13-10(2)3/h10,12H,4-9H2,1-3H3. The quantitative estimate of drug-likeness (QED) is 0.641. The summed E-state index contributed by atoms with van der Waals surface area (Å²) in [6.45, 7) is 8.58. The van der Waals surface area contributed by atoms with Crippen molar-refractivity contribution < 1.29 is 4.74 Å². The molecule has 0 aliphatic heterocycles. The summed E-state index contributed by atoms with van der Waals surface area (Å²) in [6, 6.07) is 0. The number of ether oxygens (including phenoxy) is 1. The van der Waals surface area contributed by atoms with Gasteiger partial charge in [0.25, 0.3) is 0 Å². The maximum atomic E-state index is 5.98. The van der Waals surface area contributed by atoms with E-state index in [2.05, 4.69) is 26.1 Å². The van der Waals surface area contributed by atoms with Gasteiger partial charge in [-0.2, -0.15) is 0 Å². The van der Waals surface area contributed by atoms with Crippen molar-refractivity contribution in [1.82, 2.24) is 5.32 Å². The van der Waals surface area contributed by atoms with Crippen molar-refractivity contribution in [3.63, 3.8) is 0 Å². The first-order valence-corrected chi connectivity index (χ1v) is 5.57. The van der Waals surface area contributed by atoms with Crippen molar-refractivity contribution in [3.05, 3.63) is 0 Å². The third-order valence-electron chi connectivity index (χ3n) is 2.76. The Morgan fingerprint density at radius 1 is 1.38 bits per heavy atom. The molecule has 0 spiro atoms. The molecule has 0 heterocycles. The molecule has 1 aliphatic carbocycles. The van der Waals surface area contributed by atoms with Gasteiger partial charge in [-0.1, -0.05) is 6.92 Å². The van der Waals surface area contributed by atoms with E-state index in [0.29, 0.717) is 6.10 Å². The molecule has 1 N–H and O–H groups in total. The highest BCUT2D eigenvalue weighted by molar-refractivity contribution is 4.90. The second kappa shape index (κ2) is 4.97. The predicted molar refractivity (Wildman–Crippen MR) is 56.0 cm³/mol. The molecule has 0 saturated heterocycles. The van der Waals surface area contributed by atoms with E-state index in [1.807, 2.05) is 0 Å². The molecular weight excluding hydrogens is 162 g/mol. The molecule has 0 amide bonds. The molecule has 78 valence electrons. The fourth-order valence-electron chi connectivity index (χ4n) is 1.99. The molecule has 0 aromatic carbocycles. The Balaban J connectivity index is 2.23. The second-order valence-corrected chi connectivity index (χ2v) is 4.31. The number of nitrogens with one attached hydrogen (secondary N) is 1. The topological polar surface area (TPSA) is 21.3 Å². The predicted octanol–water partition coefficient (Wildman–Crippen LogP) is 2.33. The van der Waals surface area contributed by atoms with Gasteiger partial charge in [-0.25, -0.2) is 0 Å². The minimum Gasteiger partial charge on any atom is -0.372 e. The third-order valence-corrected chi connectivity index (χ3v) is 2.76. The molecule has 0 unspecified atom stereocenters. The summed E-state index contributed by atoms with van der Waals surface area (Å²) in [5.41, 5.74) is 0.232. The molecule has 1 fully saturated rings. The van der Waals surface area contributed by atoms with E-state index in [9.17, 15) is 0 Å². The Morgan fingerprint density at radius 2 is 2.08 bits per heavy atom. The van der Waals surface area contributed by atoms with Gasteiger partial charge in [0.2, 0.25) is 0 Å². The summed E-state index contributed by atoms with van der Waals surface area (Å²) in [4.78, 5) is 0. The van der Waals surface area contributed by atoms with Gasteiger partial charge < -0.3 is 10.1 Å². The summed E-state index contributed by atoms with van der Waals surface area (Å²) in [6.07, 6.45) is 5.42. The van der Waals surface area contributed by atoms with Crippen molar-refractivity contribution in [3.8, 4) is 0 Å². The minimum atomic E-state index is 0.232. The first-order chi connectivity index (χ1) is 6.18. The maximum absolute atomic E-state index is 5.98. The number of rotatable bonds is 6. The van der Waals surface area contributed by atoms with Gasteiger partial charge in [-0.05, 0) is 52.6 Å². The van der Waals surface area contributed by atoms with Crippen LogP contribution >= 0.6 is 0 Å². The fourth-order valence-corrected chi connectivity index (χ4v) is 1.99. The van der Waals surface area contributed by atoms with Crippen molar-refractivity contribution in [2.24, 2.45) is 0 Å². The summed E-state index contributed by atoms with van der Waals surface area (Å²) >= 11 is 0. The minimum absolute atomic E-state index is 0.232. The zero-order chi connectivity index (χ0) is 9.73. The zero-order valence-electron chi connectivity index (χ0n) is 9.23. The molecule has 0 aromatic heterocycles. The summed E-state index contributed by atoms with van der Waals surface area (Å²) in [7, 11) is 0. The third kappa shape index (κ3) is 3.28. The fraction of sp³-hybridized carbons (Fsp3) is 1.00. The molecule has 13 heavy (non-hydrogen) atoms. The lowest BCUT2D eigenvalue weighted by Crippen LogP contribution is -2.44. The summed E-state index contributed by atoms with van der Waals surface area (Å²) in [5, 5.41) is 3.37. The molecule has 1 aliphatic rings. The Labute approximate surface area is 82.0 Å². The van der Waals surface area contributed by atoms with Gasteiger partial charge in [-0.15, -0.1) is 0 Å². The van der Waals surface area contributed by atoms with Gasteiger partial charge in [-0.3, -0.25) is 0 Å². The highest BCUT2D eigenvalue weighted by atomic mass is 16.5. The maximum Gasteiger partial charge on any atom is 0.0698 e. The lowest BCUT2D eigenvalue weighted by molar-refractivity contribution is -0.131. The first kappa shape index (κ1) is 11.0. The van der Waals surface area contributed by atoms with Crippen LogP contribution in [0.2, 0.25) is 0 Å². The average Bonchev–Trinajstić information content (AvgIpc) is 1.99. The van der Waals surface area contributed by atoms with Crippen LogP contribution in [-0.2, 0) is 4.74 Å². The van der Waals surface area contributed by atoms with Gasteiger partial charge in [0.1, 0.15) is 0 Å². The van der Waals surface area contributed by atoms with Crippen molar-refractivity contribution in [2.75, 3.05) is 13.1 Å². The summed E-state index contributed by atoms with van der Waals surface area (Å²) in [5.74, 6) is 0. The molecule has 2 heteroatoms. The molecule has 1 saturated carbocycles. The van der Waals surface area contributed by atoms with Crippen molar-refractivity contribution in [2.45, 2.75) is 58.2 Å². The monoisotopic (exact) mass is 185 g/mol. The van der Waals surface area contributed by atoms with E-state index in [1.165, 1.54) is 25.7 Å². The van der Waals surface area contributed by atoms with E-state index in [0.717, 1.165) is 13.1 Å². The van der Waals surface area contributed by atoms with Gasteiger partial charge in [0, 0.05) is 0 Å². The van der Waals surface area contributed by atoms with Crippen molar-refractivity contribution in [1.29, 1.82) is 0 Å². The largest absolute Gasteiger partial charge is 0.372 e. The summed E-state index contributed by atoms with van der Waals surface area (Å²) < 4.78 is 5.98. The van der Waals surface area contributed by atoms with Crippen LogP contribution in [0.1, 0.15) is 46.5 Å². The van der Waals surface area contributed by atoms with Crippen molar-refractivity contribution >= 4 is 0 Å². The van der Waals surface area contributed by atoms with Crippen LogP contribution < -0.4 is 5.32 Å². The smallest absolute Gasteiger partial charge is 0.0698 e. The Kier molecular flexibility index (Phi) is 4.20.